The number of likely N-dealkylation sites (tertiary alicyclic amines) is 1. The Morgan fingerprint density at radius 3 is 2.57 bits per heavy atom. The Hall–Kier alpha value is -1.27. The van der Waals surface area contributed by atoms with Crippen molar-refractivity contribution in [2.24, 2.45) is 0 Å². The molecule has 0 unspecified atom stereocenters. The van der Waals surface area contributed by atoms with E-state index in [1.54, 1.807) is 0 Å². The SMILES string of the molecule is O=C1O[C@@H]2C[C@H]1N(C(=O)C(F)(F)F)C2. The monoisotopic (exact) mass is 209 g/mol. The summed E-state index contributed by atoms with van der Waals surface area (Å²) in [5, 5.41) is 0. The average Bonchev–Trinajstić information content (AvgIpc) is 2.58. The number of hydrogen-bond donors (Lipinski definition) is 0. The number of hydrogen-bond acceptors (Lipinski definition) is 3. The van der Waals surface area contributed by atoms with E-state index in [1.165, 1.54) is 0 Å². The van der Waals surface area contributed by atoms with Gasteiger partial charge in [0.1, 0.15) is 12.1 Å². The van der Waals surface area contributed by atoms with E-state index >= 15 is 0 Å². The first kappa shape index (κ1) is 9.29. The van der Waals surface area contributed by atoms with Crippen LogP contribution in [0.2, 0.25) is 0 Å². The molecule has 2 saturated heterocycles. The number of ether oxygens (including phenoxy) is 1. The fourth-order valence-corrected chi connectivity index (χ4v) is 1.74. The first-order chi connectivity index (χ1) is 6.39. The number of morpholine rings is 1. The summed E-state index contributed by atoms with van der Waals surface area (Å²) >= 11 is 0. The first-order valence-corrected chi connectivity index (χ1v) is 3.98. The molecule has 7 heteroatoms. The molecule has 2 aliphatic rings. The number of halogens is 3. The fraction of sp³-hybridized carbons (Fsp3) is 0.714. The van der Waals surface area contributed by atoms with Crippen molar-refractivity contribution in [3.05, 3.63) is 0 Å². The number of fused-ring (bicyclic) bond motifs is 2. The number of carbonyl (C=O) groups excluding carboxylic acids is 2. The van der Waals surface area contributed by atoms with Crippen molar-refractivity contribution in [2.75, 3.05) is 6.54 Å². The zero-order valence-corrected chi connectivity index (χ0v) is 6.87. The maximum absolute atomic E-state index is 12.0. The van der Waals surface area contributed by atoms with Gasteiger partial charge in [0.2, 0.25) is 0 Å². The summed E-state index contributed by atoms with van der Waals surface area (Å²) in [6.45, 7) is -0.144. The Labute approximate surface area is 76.6 Å². The maximum Gasteiger partial charge on any atom is 0.471 e. The zero-order valence-electron chi connectivity index (χ0n) is 6.87. The number of nitrogens with zero attached hydrogens (tertiary/aromatic N) is 1. The highest BCUT2D eigenvalue weighted by atomic mass is 19.4. The highest BCUT2D eigenvalue weighted by Gasteiger charge is 2.54. The van der Waals surface area contributed by atoms with Crippen molar-refractivity contribution < 1.29 is 27.5 Å². The summed E-state index contributed by atoms with van der Waals surface area (Å²) in [7, 11) is 0. The Morgan fingerprint density at radius 2 is 2.14 bits per heavy atom. The molecule has 0 aromatic carbocycles. The van der Waals surface area contributed by atoms with Gasteiger partial charge in [0.05, 0.1) is 6.54 Å². The van der Waals surface area contributed by atoms with E-state index in [0.717, 1.165) is 0 Å². The van der Waals surface area contributed by atoms with Crippen molar-refractivity contribution in [1.82, 2.24) is 4.90 Å². The normalized spacial score (nSPS) is 30.8. The molecule has 0 spiro atoms. The summed E-state index contributed by atoms with van der Waals surface area (Å²) in [5.41, 5.74) is 0. The van der Waals surface area contributed by atoms with Gasteiger partial charge in [-0.05, 0) is 0 Å². The van der Waals surface area contributed by atoms with Crippen LogP contribution in [0.25, 0.3) is 0 Å². The van der Waals surface area contributed by atoms with Gasteiger partial charge >= 0.3 is 18.1 Å². The van der Waals surface area contributed by atoms with E-state index in [9.17, 15) is 22.8 Å². The molecule has 0 N–H and O–H groups in total. The molecular weight excluding hydrogens is 203 g/mol. The number of esters is 1. The smallest absolute Gasteiger partial charge is 0.459 e. The summed E-state index contributed by atoms with van der Waals surface area (Å²) in [4.78, 5) is 22.2. The van der Waals surface area contributed by atoms with Crippen LogP contribution < -0.4 is 0 Å². The first-order valence-electron chi connectivity index (χ1n) is 3.98. The van der Waals surface area contributed by atoms with Gasteiger partial charge in [-0.15, -0.1) is 0 Å². The fourth-order valence-electron chi connectivity index (χ4n) is 1.74. The molecule has 78 valence electrons. The van der Waals surface area contributed by atoms with E-state index in [2.05, 4.69) is 4.74 Å². The second kappa shape index (κ2) is 2.61. The third-order valence-corrected chi connectivity index (χ3v) is 2.32. The summed E-state index contributed by atoms with van der Waals surface area (Å²) < 4.78 is 40.7. The quantitative estimate of drug-likeness (QED) is 0.530. The Bertz CT molecular complexity index is 301. The van der Waals surface area contributed by atoms with E-state index in [-0.39, 0.29) is 13.0 Å². The molecule has 0 aromatic rings. The molecule has 2 heterocycles. The van der Waals surface area contributed by atoms with Gasteiger partial charge in [-0.2, -0.15) is 13.2 Å². The molecule has 14 heavy (non-hydrogen) atoms. The van der Waals surface area contributed by atoms with Crippen LogP contribution in [0.15, 0.2) is 0 Å². The van der Waals surface area contributed by atoms with Gasteiger partial charge in [-0.3, -0.25) is 4.79 Å². The summed E-state index contributed by atoms with van der Waals surface area (Å²) in [5.74, 6) is -2.69. The predicted octanol–water partition coefficient (Wildman–Crippen LogP) is 0.0750. The van der Waals surface area contributed by atoms with E-state index in [0.29, 0.717) is 4.90 Å². The summed E-state index contributed by atoms with van der Waals surface area (Å²) in [6.07, 6.45) is -5.29. The van der Waals surface area contributed by atoms with Gasteiger partial charge < -0.3 is 9.64 Å². The number of carbonyl (C=O) groups is 2. The van der Waals surface area contributed by atoms with Crippen LogP contribution in [0.5, 0.6) is 0 Å². The molecule has 2 atom stereocenters. The van der Waals surface area contributed by atoms with Crippen LogP contribution >= 0.6 is 0 Å². The van der Waals surface area contributed by atoms with E-state index < -0.39 is 30.2 Å². The van der Waals surface area contributed by atoms with Crippen LogP contribution in [0.1, 0.15) is 6.42 Å². The van der Waals surface area contributed by atoms with E-state index in [1.807, 2.05) is 0 Å². The Balaban J connectivity index is 2.15. The van der Waals surface area contributed by atoms with Crippen molar-refractivity contribution in [3.8, 4) is 0 Å². The van der Waals surface area contributed by atoms with Gasteiger partial charge in [-0.1, -0.05) is 0 Å². The Morgan fingerprint density at radius 1 is 1.50 bits per heavy atom. The van der Waals surface area contributed by atoms with Crippen LogP contribution in [0, 0.1) is 0 Å². The van der Waals surface area contributed by atoms with Crippen LogP contribution in [0.3, 0.4) is 0 Å². The molecular formula is C7H6F3NO3. The third-order valence-electron chi connectivity index (χ3n) is 2.32. The molecule has 0 radical (unpaired) electrons. The van der Waals surface area contributed by atoms with Crippen molar-refractivity contribution >= 4 is 11.9 Å². The predicted molar refractivity (Wildman–Crippen MR) is 36.1 cm³/mol. The average molecular weight is 209 g/mol. The third kappa shape index (κ3) is 1.23. The topological polar surface area (TPSA) is 46.6 Å². The van der Waals surface area contributed by atoms with Crippen LogP contribution in [-0.4, -0.2) is 41.6 Å². The molecule has 2 aliphatic heterocycles. The van der Waals surface area contributed by atoms with Gasteiger partial charge in [0, 0.05) is 6.42 Å². The lowest BCUT2D eigenvalue weighted by molar-refractivity contribution is -0.191. The minimum atomic E-state index is -4.91. The van der Waals surface area contributed by atoms with Gasteiger partial charge in [-0.25, -0.2) is 4.79 Å². The van der Waals surface area contributed by atoms with Crippen molar-refractivity contribution in [1.29, 1.82) is 0 Å². The lowest BCUT2D eigenvalue weighted by Crippen LogP contribution is -2.49. The number of amides is 1. The van der Waals surface area contributed by atoms with Gasteiger partial charge in [0.25, 0.3) is 0 Å². The minimum Gasteiger partial charge on any atom is -0.459 e. The molecule has 0 saturated carbocycles. The molecule has 2 fully saturated rings. The number of rotatable bonds is 0. The second-order valence-electron chi connectivity index (χ2n) is 3.27. The zero-order chi connectivity index (χ0) is 10.5. The standard InChI is InChI=1S/C7H6F3NO3/c8-7(9,10)6(13)11-2-3-1-4(11)5(12)14-3/h3-4H,1-2H2/t3-,4-/m1/s1. The lowest BCUT2D eigenvalue weighted by Gasteiger charge is -2.26. The molecule has 2 bridgehead atoms. The van der Waals surface area contributed by atoms with E-state index in [4.69, 9.17) is 0 Å². The molecule has 2 rings (SSSR count). The second-order valence-corrected chi connectivity index (χ2v) is 3.27. The molecule has 1 amide bonds. The Kier molecular flexibility index (Phi) is 1.73. The largest absolute Gasteiger partial charge is 0.471 e. The van der Waals surface area contributed by atoms with Crippen molar-refractivity contribution in [2.45, 2.75) is 24.7 Å². The molecule has 0 aliphatic carbocycles. The van der Waals surface area contributed by atoms with Crippen LogP contribution in [0.4, 0.5) is 13.2 Å². The lowest BCUT2D eigenvalue weighted by atomic mass is 10.2. The summed E-state index contributed by atoms with van der Waals surface area (Å²) in [6, 6.07) is -1.03. The maximum atomic E-state index is 12.0. The van der Waals surface area contributed by atoms with Crippen LogP contribution in [-0.2, 0) is 14.3 Å². The minimum absolute atomic E-state index is 0.144. The highest BCUT2D eigenvalue weighted by Crippen LogP contribution is 2.32. The molecule has 0 aromatic heterocycles. The van der Waals surface area contributed by atoms with Crippen molar-refractivity contribution in [3.63, 3.8) is 0 Å². The molecule has 4 nitrogen and oxygen atoms in total. The number of alkyl halides is 3. The van der Waals surface area contributed by atoms with Gasteiger partial charge in [0.15, 0.2) is 0 Å². The highest BCUT2D eigenvalue weighted by molar-refractivity contribution is 5.90.